The van der Waals surface area contributed by atoms with Gasteiger partial charge in [-0.1, -0.05) is 58.0 Å². The molecule has 10 amide bonds. The molecule has 0 unspecified atom stereocenters. The van der Waals surface area contributed by atoms with Gasteiger partial charge in [-0.25, -0.2) is 0 Å². The van der Waals surface area contributed by atoms with Crippen LogP contribution in [0.15, 0.2) is 30.3 Å². The van der Waals surface area contributed by atoms with Gasteiger partial charge in [0.25, 0.3) is 0 Å². The average molecular weight is 1110 g/mol. The smallest absolute Gasteiger partial charge is 0.305 e. The highest BCUT2D eigenvalue weighted by atomic mass is 16.4. The second kappa shape index (κ2) is 33.9. The predicted octanol–water partition coefficient (Wildman–Crippen LogP) is -5.88. The van der Waals surface area contributed by atoms with Gasteiger partial charge in [0, 0.05) is 19.4 Å². The molecule has 0 saturated carbocycles. The molecule has 1 aromatic rings. The van der Waals surface area contributed by atoms with Crippen molar-refractivity contribution < 1.29 is 78.0 Å². The zero-order valence-electron chi connectivity index (χ0n) is 44.7. The molecule has 0 fully saturated rings. The molecule has 30 nitrogen and oxygen atoms in total. The molecule has 1 aromatic carbocycles. The fraction of sp³-hybridized carbons (Fsp3) is 0.604. The minimum Gasteiger partial charge on any atom is -0.481 e. The van der Waals surface area contributed by atoms with Gasteiger partial charge in [-0.05, 0) is 63.9 Å². The monoisotopic (exact) mass is 1110 g/mol. The largest absolute Gasteiger partial charge is 0.481 e. The fourth-order valence-corrected chi connectivity index (χ4v) is 7.21. The van der Waals surface area contributed by atoms with E-state index in [-0.39, 0.29) is 38.1 Å². The van der Waals surface area contributed by atoms with Gasteiger partial charge < -0.3 is 90.8 Å². The lowest BCUT2D eigenvalue weighted by Crippen LogP contribution is -2.61. The fourth-order valence-electron chi connectivity index (χ4n) is 7.21. The summed E-state index contributed by atoms with van der Waals surface area (Å²) < 4.78 is 0. The first-order valence-corrected chi connectivity index (χ1v) is 25.0. The van der Waals surface area contributed by atoms with Crippen LogP contribution in [0.3, 0.4) is 0 Å². The van der Waals surface area contributed by atoms with E-state index < -0.39 is 175 Å². The number of aliphatic hydroxyl groups is 2. The molecule has 0 saturated heterocycles. The van der Waals surface area contributed by atoms with E-state index in [0.29, 0.717) is 5.56 Å². The second-order valence-electron chi connectivity index (χ2n) is 19.2. The number of amides is 10. The Morgan fingerprint density at radius 3 is 1.53 bits per heavy atom. The van der Waals surface area contributed by atoms with Gasteiger partial charge >= 0.3 is 11.9 Å². The number of carbonyl (C=O) groups is 12. The molecule has 21 N–H and O–H groups in total. The molecule has 0 heterocycles. The quantitative estimate of drug-likeness (QED) is 0.0171. The van der Waals surface area contributed by atoms with Crippen molar-refractivity contribution in [3.63, 3.8) is 0 Å². The van der Waals surface area contributed by atoms with E-state index in [4.69, 9.17) is 27.7 Å². The van der Waals surface area contributed by atoms with Gasteiger partial charge in [0.15, 0.2) is 5.96 Å². The van der Waals surface area contributed by atoms with Crippen LogP contribution in [-0.4, -0.2) is 177 Å². The summed E-state index contributed by atoms with van der Waals surface area (Å²) in [6, 6.07) is -6.69. The molecule has 0 aliphatic carbocycles. The lowest BCUT2D eigenvalue weighted by Gasteiger charge is -2.28. The van der Waals surface area contributed by atoms with Crippen LogP contribution in [0.1, 0.15) is 92.6 Å². The van der Waals surface area contributed by atoms with Gasteiger partial charge in [0.05, 0.1) is 25.2 Å². The first-order chi connectivity index (χ1) is 36.4. The third-order valence-corrected chi connectivity index (χ3v) is 11.5. The SMILES string of the molecule is CC(C)C[C@H](N)C(=O)N[C@@H](CO)C(=O)N[C@H](C(=O)N[C@@H](C)C(=O)N[C@@H](Cc1ccccc1)C(=O)N[C@@H](C)C(=O)N[C@@H](CCCNC(=N)N)C(=O)N[C@H](C(=O)N[C@@H](CC(=O)O)C(=O)N[C@@H](CCC(=O)O)C(N)=O)C(C)C)[C@@H](C)O. The van der Waals surface area contributed by atoms with Crippen molar-refractivity contribution in [3.05, 3.63) is 35.9 Å². The summed E-state index contributed by atoms with van der Waals surface area (Å²) >= 11 is 0. The number of aliphatic carboxylic acids is 2. The van der Waals surface area contributed by atoms with Crippen molar-refractivity contribution >= 4 is 77.0 Å². The lowest BCUT2D eigenvalue weighted by molar-refractivity contribution is -0.141. The summed E-state index contributed by atoms with van der Waals surface area (Å²) in [5, 5.41) is 70.1. The molecular weight excluding hydrogens is 1030 g/mol. The first kappa shape index (κ1) is 68.0. The number of carbonyl (C=O) groups excluding carboxylic acids is 10. The van der Waals surface area contributed by atoms with E-state index in [2.05, 4.69) is 53.2 Å². The molecule has 1 rings (SSSR count). The van der Waals surface area contributed by atoms with E-state index >= 15 is 0 Å². The lowest BCUT2D eigenvalue weighted by atomic mass is 10.0. The number of rotatable bonds is 35. The van der Waals surface area contributed by atoms with Crippen LogP contribution in [0.4, 0.5) is 0 Å². The van der Waals surface area contributed by atoms with Crippen LogP contribution in [0, 0.1) is 17.2 Å². The molecule has 0 aliphatic rings. The second-order valence-corrected chi connectivity index (χ2v) is 19.2. The third kappa shape index (κ3) is 25.2. The summed E-state index contributed by atoms with van der Waals surface area (Å²) in [4.78, 5) is 156. The molecule has 78 heavy (non-hydrogen) atoms. The minimum atomic E-state index is -1.86. The Labute approximate surface area is 450 Å². The molecule has 0 aliphatic heterocycles. The maximum absolute atomic E-state index is 14.0. The van der Waals surface area contributed by atoms with E-state index in [9.17, 15) is 72.9 Å². The summed E-state index contributed by atoms with van der Waals surface area (Å²) in [6.45, 7) is 9.41. The number of nitrogens with two attached hydrogens (primary N) is 3. The van der Waals surface area contributed by atoms with E-state index in [1.807, 2.05) is 13.8 Å². The van der Waals surface area contributed by atoms with E-state index in [1.165, 1.54) is 27.7 Å². The molecule has 0 aromatic heterocycles. The van der Waals surface area contributed by atoms with Gasteiger partial charge in [0.1, 0.15) is 54.4 Å². The number of nitrogens with one attached hydrogen (secondary N) is 11. The average Bonchev–Trinajstić information content (AvgIpc) is 3.34. The molecule has 436 valence electrons. The highest BCUT2D eigenvalue weighted by Crippen LogP contribution is 2.10. The Kier molecular flexibility index (Phi) is 29.6. The summed E-state index contributed by atoms with van der Waals surface area (Å²) in [7, 11) is 0. The molecule has 30 heteroatoms. The maximum atomic E-state index is 14.0. The summed E-state index contributed by atoms with van der Waals surface area (Å²) in [6.07, 6.45) is -3.61. The van der Waals surface area contributed by atoms with Gasteiger partial charge in [-0.15, -0.1) is 0 Å². The number of primary amides is 1. The third-order valence-electron chi connectivity index (χ3n) is 11.5. The number of carboxylic acid groups (broad SMARTS) is 2. The van der Waals surface area contributed by atoms with Gasteiger partial charge in [0.2, 0.25) is 59.1 Å². The Hall–Kier alpha value is -7.99. The standard InChI is InChI=1S/C48H78N14O16/c1-22(2)18-28(49)41(72)60-33(21-63)45(76)62-37(26(7)64)47(78)55-25(6)40(71)58-31(19-27-12-9-8-10-13-27)43(74)54-24(5)39(70)57-30(14-11-17-53-48(51)52)42(73)61-36(23(3)4)46(77)59-32(20-35(67)68)44(75)56-29(38(50)69)15-16-34(65)66/h8-10,12-13,22-26,28-33,36-37,63-64H,11,14-21,49H2,1-7H3,(H2,50,69)(H,54,74)(H,55,78)(H,56,75)(H,57,70)(H,58,71)(H,59,77)(H,60,72)(H,61,73)(H,62,76)(H,65,66)(H,67,68)(H4,51,52,53)/t24-,25-,26+,28-,29-,30-,31-,32-,33-,36-,37-/m0/s1. The number of guanidine groups is 1. The van der Waals surface area contributed by atoms with Crippen molar-refractivity contribution in [2.24, 2.45) is 29.0 Å². The van der Waals surface area contributed by atoms with Crippen molar-refractivity contribution in [1.82, 2.24) is 53.2 Å². The van der Waals surface area contributed by atoms with Crippen LogP contribution in [0.25, 0.3) is 0 Å². The Bertz CT molecular complexity index is 2270. The van der Waals surface area contributed by atoms with Crippen LogP contribution in [0.5, 0.6) is 0 Å². The van der Waals surface area contributed by atoms with Crippen LogP contribution >= 0.6 is 0 Å². The molecule has 11 atom stereocenters. The molecule has 0 bridgehead atoms. The number of carboxylic acids is 2. The maximum Gasteiger partial charge on any atom is 0.305 e. The minimum absolute atomic E-state index is 0.0299. The van der Waals surface area contributed by atoms with E-state index in [1.54, 1.807) is 30.3 Å². The highest BCUT2D eigenvalue weighted by Gasteiger charge is 2.36. The van der Waals surface area contributed by atoms with Crippen molar-refractivity contribution in [3.8, 4) is 0 Å². The zero-order valence-corrected chi connectivity index (χ0v) is 44.7. The Morgan fingerprint density at radius 2 is 1.03 bits per heavy atom. The van der Waals surface area contributed by atoms with Gasteiger partial charge in [-0.2, -0.15) is 0 Å². The molecule has 0 spiro atoms. The van der Waals surface area contributed by atoms with Crippen LogP contribution in [0.2, 0.25) is 0 Å². The first-order valence-electron chi connectivity index (χ1n) is 25.0. The van der Waals surface area contributed by atoms with Crippen molar-refractivity contribution in [2.75, 3.05) is 13.2 Å². The topological polar surface area (TPSA) is 508 Å². The molecule has 0 radical (unpaired) electrons. The number of benzene rings is 1. The summed E-state index contributed by atoms with van der Waals surface area (Å²) in [5.74, 6) is -14.1. The Morgan fingerprint density at radius 1 is 0.551 bits per heavy atom. The Balaban J connectivity index is 3.34. The van der Waals surface area contributed by atoms with Crippen molar-refractivity contribution in [2.45, 2.75) is 160 Å². The highest BCUT2D eigenvalue weighted by molar-refractivity contribution is 5.99. The molecular formula is C48H78N14O16. The normalized spacial score (nSPS) is 15.3. The van der Waals surface area contributed by atoms with Gasteiger partial charge in [-0.3, -0.25) is 62.9 Å². The van der Waals surface area contributed by atoms with Crippen molar-refractivity contribution in [1.29, 1.82) is 5.41 Å². The van der Waals surface area contributed by atoms with Crippen LogP contribution < -0.4 is 70.4 Å². The zero-order chi connectivity index (χ0) is 59.6. The van der Waals surface area contributed by atoms with E-state index in [0.717, 1.165) is 6.92 Å². The number of aliphatic hydroxyl groups excluding tert-OH is 2. The van der Waals surface area contributed by atoms with Crippen LogP contribution in [-0.2, 0) is 64.0 Å². The predicted molar refractivity (Wildman–Crippen MR) is 277 cm³/mol. The number of hydrogen-bond acceptors (Lipinski definition) is 16. The number of hydrogen-bond donors (Lipinski definition) is 18. The summed E-state index contributed by atoms with van der Waals surface area (Å²) in [5.41, 5.74) is 17.1.